The van der Waals surface area contributed by atoms with Crippen LogP contribution in [0.1, 0.15) is 16.7 Å². The van der Waals surface area contributed by atoms with E-state index in [1.807, 2.05) is 12.1 Å². The third-order valence-corrected chi connectivity index (χ3v) is 3.59. The van der Waals surface area contributed by atoms with Crippen LogP contribution < -0.4 is 0 Å². The Kier molecular flexibility index (Phi) is 2.67. The van der Waals surface area contributed by atoms with Gasteiger partial charge in [0, 0.05) is 13.1 Å². The number of halogens is 1. The average Bonchev–Trinajstić information content (AvgIpc) is 2.71. The van der Waals surface area contributed by atoms with Crippen LogP contribution in [0.5, 0.6) is 0 Å². The van der Waals surface area contributed by atoms with Gasteiger partial charge in [0.15, 0.2) is 0 Å². The molecule has 1 aliphatic rings. The molecule has 0 bridgehead atoms. The molecule has 1 heterocycles. The summed E-state index contributed by atoms with van der Waals surface area (Å²) in [6.45, 7) is 3.78. The quantitative estimate of drug-likeness (QED) is 0.735. The van der Waals surface area contributed by atoms with Crippen molar-refractivity contribution in [2.75, 3.05) is 7.05 Å². The minimum absolute atomic E-state index is 0.134. The third-order valence-electron chi connectivity index (χ3n) is 3.59. The van der Waals surface area contributed by atoms with Crippen molar-refractivity contribution in [3.63, 3.8) is 0 Å². The second-order valence-corrected chi connectivity index (χ2v) is 5.12. The Labute approximate surface area is 107 Å². The summed E-state index contributed by atoms with van der Waals surface area (Å²) in [5, 5.41) is 0. The van der Waals surface area contributed by atoms with Gasteiger partial charge in [-0.2, -0.15) is 0 Å². The molecule has 0 aromatic heterocycles. The van der Waals surface area contributed by atoms with E-state index in [4.69, 9.17) is 0 Å². The van der Waals surface area contributed by atoms with Crippen LogP contribution in [-0.4, -0.2) is 11.9 Å². The number of fused-ring (bicyclic) bond motifs is 1. The van der Waals surface area contributed by atoms with E-state index in [9.17, 15) is 4.39 Å². The number of hydrogen-bond acceptors (Lipinski definition) is 1. The Hall–Kier alpha value is -1.67. The zero-order chi connectivity index (χ0) is 12.7. The van der Waals surface area contributed by atoms with Gasteiger partial charge >= 0.3 is 0 Å². The highest BCUT2D eigenvalue weighted by molar-refractivity contribution is 5.65. The lowest BCUT2D eigenvalue weighted by molar-refractivity contribution is 0.353. The van der Waals surface area contributed by atoms with E-state index < -0.39 is 0 Å². The molecule has 0 fully saturated rings. The van der Waals surface area contributed by atoms with Crippen LogP contribution in [0, 0.1) is 12.7 Å². The number of nitrogens with zero attached hydrogens (tertiary/aromatic N) is 1. The molecule has 92 valence electrons. The molecular formula is C16H16FN. The van der Waals surface area contributed by atoms with E-state index in [2.05, 4.69) is 30.1 Å². The largest absolute Gasteiger partial charge is 0.298 e. The maximum Gasteiger partial charge on any atom is 0.126 e. The minimum Gasteiger partial charge on any atom is -0.298 e. The molecule has 2 aromatic carbocycles. The molecule has 0 unspecified atom stereocenters. The van der Waals surface area contributed by atoms with Crippen LogP contribution >= 0.6 is 0 Å². The first-order valence-electron chi connectivity index (χ1n) is 6.20. The summed E-state index contributed by atoms with van der Waals surface area (Å²) in [6.07, 6.45) is 0. The second-order valence-electron chi connectivity index (χ2n) is 5.12. The van der Waals surface area contributed by atoms with Gasteiger partial charge in [-0.1, -0.05) is 24.3 Å². The molecule has 0 atom stereocenters. The zero-order valence-electron chi connectivity index (χ0n) is 10.7. The van der Waals surface area contributed by atoms with E-state index in [1.165, 1.54) is 11.1 Å². The lowest BCUT2D eigenvalue weighted by atomic mass is 9.99. The third kappa shape index (κ3) is 1.93. The fourth-order valence-corrected chi connectivity index (χ4v) is 2.52. The van der Waals surface area contributed by atoms with Gasteiger partial charge in [-0.05, 0) is 53.9 Å². The standard InChI is InChI=1S/C16H16FN/c1-11-3-4-13(8-16(11)17)12-5-6-14-9-18(2)10-15(14)7-12/h3-8H,9-10H2,1-2H3. The molecule has 0 aliphatic carbocycles. The molecule has 0 amide bonds. The molecular weight excluding hydrogens is 225 g/mol. The molecule has 2 aromatic rings. The van der Waals surface area contributed by atoms with E-state index in [1.54, 1.807) is 13.0 Å². The highest BCUT2D eigenvalue weighted by atomic mass is 19.1. The number of rotatable bonds is 1. The molecule has 0 radical (unpaired) electrons. The van der Waals surface area contributed by atoms with Crippen molar-refractivity contribution in [1.29, 1.82) is 0 Å². The summed E-state index contributed by atoms with van der Waals surface area (Å²) in [7, 11) is 2.12. The van der Waals surface area contributed by atoms with Crippen LogP contribution in [0.2, 0.25) is 0 Å². The zero-order valence-corrected chi connectivity index (χ0v) is 10.7. The summed E-state index contributed by atoms with van der Waals surface area (Å²) in [5.41, 5.74) is 5.49. The van der Waals surface area contributed by atoms with Gasteiger partial charge in [0.1, 0.15) is 5.82 Å². The Morgan fingerprint density at radius 3 is 2.39 bits per heavy atom. The van der Waals surface area contributed by atoms with E-state index >= 15 is 0 Å². The number of aryl methyl sites for hydroxylation is 1. The van der Waals surface area contributed by atoms with Gasteiger partial charge in [0.25, 0.3) is 0 Å². The predicted octanol–water partition coefficient (Wildman–Crippen LogP) is 3.75. The predicted molar refractivity (Wildman–Crippen MR) is 71.7 cm³/mol. The molecule has 18 heavy (non-hydrogen) atoms. The molecule has 3 rings (SSSR count). The van der Waals surface area contributed by atoms with Crippen molar-refractivity contribution in [3.05, 3.63) is 58.9 Å². The summed E-state index contributed by atoms with van der Waals surface area (Å²) < 4.78 is 13.6. The first-order valence-corrected chi connectivity index (χ1v) is 6.20. The van der Waals surface area contributed by atoms with Gasteiger partial charge in [0.05, 0.1) is 0 Å². The molecule has 1 aliphatic heterocycles. The molecule has 0 N–H and O–H groups in total. The first-order chi connectivity index (χ1) is 8.63. The Bertz CT molecular complexity index is 604. The van der Waals surface area contributed by atoms with Crippen LogP contribution in [0.25, 0.3) is 11.1 Å². The van der Waals surface area contributed by atoms with Crippen LogP contribution in [0.3, 0.4) is 0 Å². The Morgan fingerprint density at radius 2 is 1.61 bits per heavy atom. The smallest absolute Gasteiger partial charge is 0.126 e. The van der Waals surface area contributed by atoms with Crippen LogP contribution in [-0.2, 0) is 13.1 Å². The summed E-state index contributed by atoms with van der Waals surface area (Å²) in [5.74, 6) is -0.134. The highest BCUT2D eigenvalue weighted by Crippen LogP contribution is 2.28. The fraction of sp³-hybridized carbons (Fsp3) is 0.250. The molecule has 0 spiro atoms. The van der Waals surface area contributed by atoms with Crippen molar-refractivity contribution < 1.29 is 4.39 Å². The van der Waals surface area contributed by atoms with E-state index in [0.29, 0.717) is 5.56 Å². The van der Waals surface area contributed by atoms with Crippen molar-refractivity contribution in [2.45, 2.75) is 20.0 Å². The summed E-state index contributed by atoms with van der Waals surface area (Å²) in [4.78, 5) is 2.28. The lowest BCUT2D eigenvalue weighted by Gasteiger charge is -2.06. The van der Waals surface area contributed by atoms with Crippen molar-refractivity contribution in [1.82, 2.24) is 4.90 Å². The Balaban J connectivity index is 2.03. The van der Waals surface area contributed by atoms with E-state index in [0.717, 1.165) is 24.2 Å². The second kappa shape index (κ2) is 4.21. The molecule has 2 heteroatoms. The Morgan fingerprint density at radius 1 is 0.944 bits per heavy atom. The van der Waals surface area contributed by atoms with Crippen LogP contribution in [0.15, 0.2) is 36.4 Å². The van der Waals surface area contributed by atoms with Crippen molar-refractivity contribution in [3.8, 4) is 11.1 Å². The van der Waals surface area contributed by atoms with Gasteiger partial charge < -0.3 is 0 Å². The minimum atomic E-state index is -0.134. The first kappa shape index (κ1) is 11.4. The van der Waals surface area contributed by atoms with Crippen molar-refractivity contribution >= 4 is 0 Å². The average molecular weight is 241 g/mol. The van der Waals surface area contributed by atoms with E-state index in [-0.39, 0.29) is 5.82 Å². The molecule has 0 saturated carbocycles. The number of hydrogen-bond donors (Lipinski definition) is 0. The van der Waals surface area contributed by atoms with Gasteiger partial charge in [-0.3, -0.25) is 4.90 Å². The summed E-state index contributed by atoms with van der Waals surface area (Å²) >= 11 is 0. The SMILES string of the molecule is Cc1ccc(-c2ccc3c(c2)CN(C)C3)cc1F. The highest BCUT2D eigenvalue weighted by Gasteiger charge is 2.15. The van der Waals surface area contributed by atoms with Gasteiger partial charge in [-0.15, -0.1) is 0 Å². The lowest BCUT2D eigenvalue weighted by Crippen LogP contribution is -2.07. The van der Waals surface area contributed by atoms with Crippen LogP contribution in [0.4, 0.5) is 4.39 Å². The van der Waals surface area contributed by atoms with Gasteiger partial charge in [0.2, 0.25) is 0 Å². The molecule has 0 saturated heterocycles. The van der Waals surface area contributed by atoms with Gasteiger partial charge in [-0.25, -0.2) is 4.39 Å². The normalized spacial score (nSPS) is 14.8. The monoisotopic (exact) mass is 241 g/mol. The maximum atomic E-state index is 13.6. The molecule has 1 nitrogen and oxygen atoms in total. The summed E-state index contributed by atoms with van der Waals surface area (Å²) in [6, 6.07) is 11.9. The fourth-order valence-electron chi connectivity index (χ4n) is 2.52. The topological polar surface area (TPSA) is 3.24 Å². The number of benzene rings is 2. The van der Waals surface area contributed by atoms with Crippen molar-refractivity contribution in [2.24, 2.45) is 0 Å². The maximum absolute atomic E-state index is 13.6.